The van der Waals surface area contributed by atoms with Crippen LogP contribution in [0.2, 0.25) is 0 Å². The molecule has 1 heterocycles. The van der Waals surface area contributed by atoms with Crippen LogP contribution < -0.4 is 5.43 Å². The van der Waals surface area contributed by atoms with Crippen LogP contribution in [0.1, 0.15) is 49.3 Å². The van der Waals surface area contributed by atoms with Crippen molar-refractivity contribution in [3.05, 3.63) is 32.9 Å². The van der Waals surface area contributed by atoms with Crippen molar-refractivity contribution in [2.45, 2.75) is 58.5 Å². The maximum atomic E-state index is 12.2. The molecule has 17 heavy (non-hydrogen) atoms. The smallest absolute Gasteiger partial charge is 0.191 e. The second-order valence-corrected chi connectivity index (χ2v) is 5.25. The number of hydrogen-bond acceptors (Lipinski definition) is 3. The van der Waals surface area contributed by atoms with Gasteiger partial charge in [0, 0.05) is 11.1 Å². The van der Waals surface area contributed by atoms with E-state index in [2.05, 4.69) is 0 Å². The first-order valence-electron chi connectivity index (χ1n) is 6.23. The molecule has 0 saturated carbocycles. The highest BCUT2D eigenvalue weighted by atomic mass is 16.3. The maximum Gasteiger partial charge on any atom is 0.191 e. The molecule has 3 nitrogen and oxygen atoms in total. The molecule has 0 fully saturated rings. The van der Waals surface area contributed by atoms with Crippen molar-refractivity contribution in [1.82, 2.24) is 0 Å². The van der Waals surface area contributed by atoms with Crippen LogP contribution in [0.25, 0.3) is 0 Å². The Hall–Kier alpha value is -1.09. The third-order valence-electron chi connectivity index (χ3n) is 4.33. The summed E-state index contributed by atoms with van der Waals surface area (Å²) in [5.41, 5.74) is 1.13. The number of aliphatic hydroxyl groups is 1. The summed E-state index contributed by atoms with van der Waals surface area (Å²) in [4.78, 5) is 12.2. The first-order valence-corrected chi connectivity index (χ1v) is 6.23. The predicted molar refractivity (Wildman–Crippen MR) is 66.4 cm³/mol. The van der Waals surface area contributed by atoms with Crippen LogP contribution in [-0.4, -0.2) is 11.2 Å². The average molecular weight is 236 g/mol. The van der Waals surface area contributed by atoms with E-state index in [-0.39, 0.29) is 5.43 Å². The van der Waals surface area contributed by atoms with Crippen LogP contribution in [0.3, 0.4) is 0 Å². The Balaban J connectivity index is 2.74. The van der Waals surface area contributed by atoms with Gasteiger partial charge in [0.25, 0.3) is 0 Å². The molecule has 0 amide bonds. The Labute approximate surface area is 101 Å². The lowest BCUT2D eigenvalue weighted by Gasteiger charge is -2.37. The fourth-order valence-electron chi connectivity index (χ4n) is 2.62. The number of fused-ring (bicyclic) bond motifs is 1. The molecule has 0 aromatic carbocycles. The van der Waals surface area contributed by atoms with Crippen molar-refractivity contribution < 1.29 is 9.52 Å². The topological polar surface area (TPSA) is 50.4 Å². The molecule has 1 aliphatic rings. The maximum absolute atomic E-state index is 12.2. The largest absolute Gasteiger partial charge is 0.465 e. The molecule has 2 rings (SSSR count). The van der Waals surface area contributed by atoms with Crippen LogP contribution >= 0.6 is 0 Å². The Kier molecular flexibility index (Phi) is 2.90. The molecule has 1 aliphatic carbocycles. The monoisotopic (exact) mass is 236 g/mol. The van der Waals surface area contributed by atoms with Gasteiger partial charge in [-0.15, -0.1) is 0 Å². The van der Waals surface area contributed by atoms with Crippen LogP contribution in [0.4, 0.5) is 0 Å². The van der Waals surface area contributed by atoms with E-state index >= 15 is 0 Å². The summed E-state index contributed by atoms with van der Waals surface area (Å²) in [6, 6.07) is 0. The van der Waals surface area contributed by atoms with Gasteiger partial charge in [-0.05, 0) is 40.0 Å². The number of aliphatic hydroxyl groups excluding tert-OH is 1. The number of aryl methyl sites for hydroxylation is 1. The molecular weight excluding hydrogens is 216 g/mol. The van der Waals surface area contributed by atoms with Gasteiger partial charge in [0.2, 0.25) is 0 Å². The number of hydrogen-bond donors (Lipinski definition) is 1. The van der Waals surface area contributed by atoms with Gasteiger partial charge in [0.15, 0.2) is 5.43 Å². The molecule has 1 aromatic rings. The van der Waals surface area contributed by atoms with Gasteiger partial charge in [-0.1, -0.05) is 6.92 Å². The van der Waals surface area contributed by atoms with E-state index < -0.39 is 11.5 Å². The molecule has 0 aliphatic heterocycles. The zero-order valence-electron chi connectivity index (χ0n) is 11.0. The van der Waals surface area contributed by atoms with Crippen LogP contribution in [0, 0.1) is 13.8 Å². The summed E-state index contributed by atoms with van der Waals surface area (Å²) in [6.45, 7) is 7.62. The Bertz CT molecular complexity index is 501. The second kappa shape index (κ2) is 3.98. The van der Waals surface area contributed by atoms with Crippen LogP contribution in [0.5, 0.6) is 0 Å². The normalized spacial score (nSPS) is 27.9. The van der Waals surface area contributed by atoms with Crippen LogP contribution in [-0.2, 0) is 11.8 Å². The van der Waals surface area contributed by atoms with Crippen molar-refractivity contribution in [1.29, 1.82) is 0 Å². The van der Waals surface area contributed by atoms with Crippen molar-refractivity contribution in [2.75, 3.05) is 0 Å². The van der Waals surface area contributed by atoms with Gasteiger partial charge >= 0.3 is 0 Å². The first kappa shape index (κ1) is 12.4. The molecule has 0 bridgehead atoms. The standard InChI is InChI=1S/C14H20O3/c1-5-14(4)11(15)7-6-10-12(16)8(2)9(3)17-13(10)14/h11,15H,5-7H2,1-4H3/t11-,14-/m0/s1. The Morgan fingerprint density at radius 2 is 2.12 bits per heavy atom. The fourth-order valence-corrected chi connectivity index (χ4v) is 2.62. The van der Waals surface area contributed by atoms with E-state index in [1.54, 1.807) is 6.92 Å². The summed E-state index contributed by atoms with van der Waals surface area (Å²) in [7, 11) is 0. The highest BCUT2D eigenvalue weighted by Gasteiger charge is 2.42. The summed E-state index contributed by atoms with van der Waals surface area (Å²) in [5.74, 6) is 1.37. The number of rotatable bonds is 1. The van der Waals surface area contributed by atoms with E-state index in [0.29, 0.717) is 29.9 Å². The molecular formula is C14H20O3. The SMILES string of the molecule is CC[C@]1(C)c2oc(C)c(C)c(=O)c2CC[C@@H]1O. The van der Waals surface area contributed by atoms with Crippen LogP contribution in [0.15, 0.2) is 9.21 Å². The first-order chi connectivity index (χ1) is 7.91. The molecule has 0 unspecified atom stereocenters. The van der Waals surface area contributed by atoms with E-state index in [0.717, 1.165) is 12.0 Å². The summed E-state index contributed by atoms with van der Waals surface area (Å²) in [6.07, 6.45) is 1.61. The minimum absolute atomic E-state index is 0.0929. The van der Waals surface area contributed by atoms with Gasteiger partial charge in [-0.2, -0.15) is 0 Å². The predicted octanol–water partition coefficient (Wildman–Crippen LogP) is 2.23. The lowest BCUT2D eigenvalue weighted by atomic mass is 9.71. The molecule has 0 saturated heterocycles. The molecule has 1 N–H and O–H groups in total. The van der Waals surface area contributed by atoms with Crippen molar-refractivity contribution in [2.24, 2.45) is 0 Å². The Morgan fingerprint density at radius 1 is 1.47 bits per heavy atom. The lowest BCUT2D eigenvalue weighted by Crippen LogP contribution is -2.42. The van der Waals surface area contributed by atoms with Gasteiger partial charge in [0.05, 0.1) is 11.5 Å². The van der Waals surface area contributed by atoms with E-state index in [9.17, 15) is 9.90 Å². The van der Waals surface area contributed by atoms with Gasteiger partial charge in [-0.3, -0.25) is 4.79 Å². The molecule has 0 radical (unpaired) electrons. The van der Waals surface area contributed by atoms with Crippen molar-refractivity contribution in [3.63, 3.8) is 0 Å². The highest BCUT2D eigenvalue weighted by molar-refractivity contribution is 5.34. The fraction of sp³-hybridized carbons (Fsp3) is 0.643. The van der Waals surface area contributed by atoms with Gasteiger partial charge in [-0.25, -0.2) is 0 Å². The molecule has 1 aromatic heterocycles. The minimum atomic E-state index is -0.426. The molecule has 2 atom stereocenters. The zero-order valence-corrected chi connectivity index (χ0v) is 11.0. The molecule has 0 spiro atoms. The summed E-state index contributed by atoms with van der Waals surface area (Å²) >= 11 is 0. The molecule has 94 valence electrons. The van der Waals surface area contributed by atoms with Gasteiger partial charge < -0.3 is 9.52 Å². The second-order valence-electron chi connectivity index (χ2n) is 5.25. The highest BCUT2D eigenvalue weighted by Crippen LogP contribution is 2.39. The summed E-state index contributed by atoms with van der Waals surface area (Å²) < 4.78 is 5.83. The molecule has 3 heteroatoms. The summed E-state index contributed by atoms with van der Waals surface area (Å²) in [5, 5.41) is 10.2. The zero-order chi connectivity index (χ0) is 12.8. The third kappa shape index (κ3) is 1.64. The van der Waals surface area contributed by atoms with Gasteiger partial charge in [0.1, 0.15) is 11.5 Å². The van der Waals surface area contributed by atoms with E-state index in [1.807, 2.05) is 20.8 Å². The van der Waals surface area contributed by atoms with E-state index in [4.69, 9.17) is 4.42 Å². The van der Waals surface area contributed by atoms with Crippen molar-refractivity contribution in [3.8, 4) is 0 Å². The average Bonchev–Trinajstić information content (AvgIpc) is 2.32. The minimum Gasteiger partial charge on any atom is -0.465 e. The quantitative estimate of drug-likeness (QED) is 0.813. The van der Waals surface area contributed by atoms with E-state index in [1.165, 1.54) is 0 Å². The van der Waals surface area contributed by atoms with Crippen molar-refractivity contribution >= 4 is 0 Å². The Morgan fingerprint density at radius 3 is 2.71 bits per heavy atom. The third-order valence-corrected chi connectivity index (χ3v) is 4.33. The lowest BCUT2D eigenvalue weighted by molar-refractivity contribution is 0.0532.